The van der Waals surface area contributed by atoms with Gasteiger partial charge in [0.25, 0.3) is 0 Å². The molecule has 1 fully saturated rings. The Kier molecular flexibility index (Phi) is 5.18. The van der Waals surface area contributed by atoms with E-state index >= 15 is 0 Å². The van der Waals surface area contributed by atoms with Crippen molar-refractivity contribution in [2.24, 2.45) is 5.73 Å². The van der Waals surface area contributed by atoms with E-state index < -0.39 is 0 Å². The molecule has 0 unspecified atom stereocenters. The molecule has 96 valence electrons. The van der Waals surface area contributed by atoms with Gasteiger partial charge in [-0.15, -0.1) is 10.2 Å². The summed E-state index contributed by atoms with van der Waals surface area (Å²) in [5.41, 5.74) is 5.69. The number of nitrogens with zero attached hydrogens (tertiary/aromatic N) is 3. The summed E-state index contributed by atoms with van der Waals surface area (Å²) >= 11 is 3.82. The van der Waals surface area contributed by atoms with Gasteiger partial charge in [-0.2, -0.15) is 11.8 Å². The van der Waals surface area contributed by atoms with Crippen molar-refractivity contribution < 1.29 is 0 Å². The SMILES string of the molecule is CCSCCCSc1nnc(CN)n1C1CC1. The summed E-state index contributed by atoms with van der Waals surface area (Å²) in [6, 6.07) is 0.621. The third-order valence-electron chi connectivity index (χ3n) is 2.70. The highest BCUT2D eigenvalue weighted by atomic mass is 32.2. The minimum Gasteiger partial charge on any atom is -0.324 e. The topological polar surface area (TPSA) is 56.7 Å². The van der Waals surface area contributed by atoms with E-state index in [-0.39, 0.29) is 0 Å². The first-order chi connectivity index (χ1) is 8.36. The molecule has 1 saturated carbocycles. The molecule has 4 nitrogen and oxygen atoms in total. The fourth-order valence-corrected chi connectivity index (χ4v) is 3.50. The van der Waals surface area contributed by atoms with E-state index in [1.54, 1.807) is 0 Å². The first-order valence-electron chi connectivity index (χ1n) is 6.21. The van der Waals surface area contributed by atoms with Crippen LogP contribution in [-0.4, -0.2) is 32.0 Å². The van der Waals surface area contributed by atoms with Crippen LogP contribution in [0.4, 0.5) is 0 Å². The van der Waals surface area contributed by atoms with Gasteiger partial charge in [-0.05, 0) is 30.8 Å². The summed E-state index contributed by atoms with van der Waals surface area (Å²) in [4.78, 5) is 0. The van der Waals surface area contributed by atoms with Crippen LogP contribution < -0.4 is 5.73 Å². The Balaban J connectivity index is 1.85. The largest absolute Gasteiger partial charge is 0.324 e. The highest BCUT2D eigenvalue weighted by molar-refractivity contribution is 8.00. The second kappa shape index (κ2) is 6.66. The minimum absolute atomic E-state index is 0.496. The lowest BCUT2D eigenvalue weighted by molar-refractivity contribution is 0.626. The van der Waals surface area contributed by atoms with Gasteiger partial charge in [0.05, 0.1) is 6.54 Å². The van der Waals surface area contributed by atoms with Crippen molar-refractivity contribution in [3.8, 4) is 0 Å². The van der Waals surface area contributed by atoms with E-state index in [1.165, 1.54) is 30.8 Å². The van der Waals surface area contributed by atoms with Crippen LogP contribution in [0.1, 0.15) is 38.1 Å². The highest BCUT2D eigenvalue weighted by Crippen LogP contribution is 2.38. The molecule has 2 N–H and O–H groups in total. The molecule has 1 aliphatic carbocycles. The normalized spacial score (nSPS) is 15.4. The fourth-order valence-electron chi connectivity index (χ4n) is 1.71. The molecule has 0 bridgehead atoms. The number of nitrogens with two attached hydrogens (primary N) is 1. The van der Waals surface area contributed by atoms with Crippen LogP contribution in [0.2, 0.25) is 0 Å². The first-order valence-corrected chi connectivity index (χ1v) is 8.35. The lowest BCUT2D eigenvalue weighted by atomic mass is 10.5. The van der Waals surface area contributed by atoms with Gasteiger partial charge < -0.3 is 10.3 Å². The zero-order valence-electron chi connectivity index (χ0n) is 10.3. The molecular formula is C11H20N4S2. The van der Waals surface area contributed by atoms with Gasteiger partial charge in [0.15, 0.2) is 5.16 Å². The predicted octanol–water partition coefficient (Wildman–Crippen LogP) is 2.31. The Morgan fingerprint density at radius 1 is 1.35 bits per heavy atom. The summed E-state index contributed by atoms with van der Waals surface area (Å²) in [5.74, 6) is 4.52. The van der Waals surface area contributed by atoms with Crippen molar-refractivity contribution in [1.82, 2.24) is 14.8 Å². The first kappa shape index (κ1) is 13.2. The molecule has 0 aromatic carbocycles. The van der Waals surface area contributed by atoms with Gasteiger partial charge in [-0.25, -0.2) is 0 Å². The van der Waals surface area contributed by atoms with E-state index in [1.807, 2.05) is 23.5 Å². The Bertz CT molecular complexity index is 349. The second-order valence-corrected chi connectivity index (χ2v) is 6.56. The molecule has 0 saturated heterocycles. The van der Waals surface area contributed by atoms with E-state index in [0.29, 0.717) is 12.6 Å². The maximum Gasteiger partial charge on any atom is 0.191 e. The summed E-state index contributed by atoms with van der Waals surface area (Å²) in [6.07, 6.45) is 3.74. The van der Waals surface area contributed by atoms with Crippen molar-refractivity contribution >= 4 is 23.5 Å². The van der Waals surface area contributed by atoms with Crippen LogP contribution in [0.15, 0.2) is 5.16 Å². The van der Waals surface area contributed by atoms with Crippen LogP contribution in [0.3, 0.4) is 0 Å². The van der Waals surface area contributed by atoms with Crippen molar-refractivity contribution in [3.05, 3.63) is 5.82 Å². The number of hydrogen-bond donors (Lipinski definition) is 1. The van der Waals surface area contributed by atoms with E-state index in [0.717, 1.165) is 16.7 Å². The molecule has 1 aliphatic rings. The number of aromatic nitrogens is 3. The molecule has 6 heteroatoms. The third kappa shape index (κ3) is 3.63. The molecule has 1 heterocycles. The predicted molar refractivity (Wildman–Crippen MR) is 74.5 cm³/mol. The summed E-state index contributed by atoms with van der Waals surface area (Å²) in [6.45, 7) is 2.70. The van der Waals surface area contributed by atoms with Gasteiger partial charge in [0.2, 0.25) is 0 Å². The van der Waals surface area contributed by atoms with Gasteiger partial charge in [0, 0.05) is 11.8 Å². The molecule has 2 rings (SSSR count). The smallest absolute Gasteiger partial charge is 0.191 e. The Labute approximate surface area is 111 Å². The lowest BCUT2D eigenvalue weighted by Crippen LogP contribution is -2.08. The third-order valence-corrected chi connectivity index (χ3v) is 4.71. The Hall–Kier alpha value is -0.200. The molecule has 0 amide bonds. The number of thioether (sulfide) groups is 2. The van der Waals surface area contributed by atoms with Crippen molar-refractivity contribution in [2.75, 3.05) is 17.3 Å². The Morgan fingerprint density at radius 3 is 2.82 bits per heavy atom. The van der Waals surface area contributed by atoms with Crippen molar-refractivity contribution in [2.45, 2.75) is 43.9 Å². The standard InChI is InChI=1S/C11H20N4S2/c1-2-16-6-3-7-17-11-14-13-10(8-12)15(11)9-4-5-9/h9H,2-8,12H2,1H3. The highest BCUT2D eigenvalue weighted by Gasteiger charge is 2.28. The van der Waals surface area contributed by atoms with Crippen LogP contribution in [0, 0.1) is 0 Å². The van der Waals surface area contributed by atoms with Crippen LogP contribution in [-0.2, 0) is 6.54 Å². The molecular weight excluding hydrogens is 252 g/mol. The minimum atomic E-state index is 0.496. The Morgan fingerprint density at radius 2 is 2.18 bits per heavy atom. The summed E-state index contributed by atoms with van der Waals surface area (Å²) < 4.78 is 2.25. The molecule has 0 spiro atoms. The maximum atomic E-state index is 5.69. The quantitative estimate of drug-likeness (QED) is 0.581. The van der Waals surface area contributed by atoms with Gasteiger partial charge in [-0.3, -0.25) is 0 Å². The molecule has 1 aromatic rings. The van der Waals surface area contributed by atoms with E-state index in [9.17, 15) is 0 Å². The molecule has 0 aliphatic heterocycles. The van der Waals surface area contributed by atoms with Crippen LogP contribution in [0.5, 0.6) is 0 Å². The summed E-state index contributed by atoms with van der Waals surface area (Å²) in [5, 5.41) is 9.49. The zero-order valence-corrected chi connectivity index (χ0v) is 11.9. The van der Waals surface area contributed by atoms with Crippen molar-refractivity contribution in [3.63, 3.8) is 0 Å². The molecule has 0 radical (unpaired) electrons. The molecule has 17 heavy (non-hydrogen) atoms. The van der Waals surface area contributed by atoms with Crippen LogP contribution >= 0.6 is 23.5 Å². The second-order valence-electron chi connectivity index (χ2n) is 4.10. The number of rotatable bonds is 8. The monoisotopic (exact) mass is 272 g/mol. The van der Waals surface area contributed by atoms with Crippen LogP contribution in [0.25, 0.3) is 0 Å². The molecule has 0 atom stereocenters. The fraction of sp³-hybridized carbons (Fsp3) is 0.818. The van der Waals surface area contributed by atoms with E-state index in [2.05, 4.69) is 21.7 Å². The van der Waals surface area contributed by atoms with E-state index in [4.69, 9.17) is 5.73 Å². The van der Waals surface area contributed by atoms with Gasteiger partial charge in [-0.1, -0.05) is 18.7 Å². The number of hydrogen-bond acceptors (Lipinski definition) is 5. The van der Waals surface area contributed by atoms with Gasteiger partial charge >= 0.3 is 0 Å². The lowest BCUT2D eigenvalue weighted by Gasteiger charge is -2.07. The average Bonchev–Trinajstić information content (AvgIpc) is 3.10. The zero-order chi connectivity index (χ0) is 12.1. The van der Waals surface area contributed by atoms with Gasteiger partial charge in [0.1, 0.15) is 5.82 Å². The molecule has 1 aromatic heterocycles. The van der Waals surface area contributed by atoms with Crippen molar-refractivity contribution in [1.29, 1.82) is 0 Å². The summed E-state index contributed by atoms with van der Waals surface area (Å²) in [7, 11) is 0. The average molecular weight is 272 g/mol. The maximum absolute atomic E-state index is 5.69.